The van der Waals surface area contributed by atoms with Gasteiger partial charge in [-0.05, 0) is 50.6 Å². The lowest BCUT2D eigenvalue weighted by Gasteiger charge is -2.36. The Bertz CT molecular complexity index is 956. The third-order valence-corrected chi connectivity index (χ3v) is 7.34. The summed E-state index contributed by atoms with van der Waals surface area (Å²) in [6.07, 6.45) is 0. The average Bonchev–Trinajstić information content (AvgIpc) is 2.67. The van der Waals surface area contributed by atoms with E-state index in [-0.39, 0.29) is 18.0 Å². The van der Waals surface area contributed by atoms with E-state index in [2.05, 4.69) is 0 Å². The molecule has 1 fully saturated rings. The van der Waals surface area contributed by atoms with Gasteiger partial charge in [-0.3, -0.25) is 9.69 Å². The molecule has 0 unspecified atom stereocenters. The van der Waals surface area contributed by atoms with E-state index in [1.165, 1.54) is 4.31 Å². The molecule has 1 aliphatic rings. The second-order valence-corrected chi connectivity index (χ2v) is 10.1. The van der Waals surface area contributed by atoms with Crippen LogP contribution in [0.3, 0.4) is 0 Å². The summed E-state index contributed by atoms with van der Waals surface area (Å²) < 4.78 is 27.7. The van der Waals surface area contributed by atoms with Crippen LogP contribution in [0, 0.1) is 0 Å². The Morgan fingerprint density at radius 1 is 0.931 bits per heavy atom. The number of benzene rings is 2. The summed E-state index contributed by atoms with van der Waals surface area (Å²) in [5.74, 6) is 0.0980. The van der Waals surface area contributed by atoms with Crippen molar-refractivity contribution in [1.29, 1.82) is 0 Å². The van der Waals surface area contributed by atoms with Crippen LogP contribution in [0.4, 0.5) is 0 Å². The maximum atomic E-state index is 13.1. The highest BCUT2D eigenvalue weighted by atomic mass is 32.2. The number of piperazine rings is 1. The van der Waals surface area contributed by atoms with Crippen LogP contribution in [0.2, 0.25) is 0 Å². The maximum absolute atomic E-state index is 13.1. The summed E-state index contributed by atoms with van der Waals surface area (Å²) in [6, 6.07) is 13.3. The molecule has 158 valence electrons. The number of rotatable bonds is 6. The zero-order valence-electron chi connectivity index (χ0n) is 17.7. The van der Waals surface area contributed by atoms with Crippen molar-refractivity contribution in [2.75, 3.05) is 32.7 Å². The van der Waals surface area contributed by atoms with E-state index in [1.54, 1.807) is 12.1 Å². The highest BCUT2D eigenvalue weighted by Crippen LogP contribution is 2.23. The molecular weight excluding hydrogens is 386 g/mol. The molecule has 0 radical (unpaired) electrons. The van der Waals surface area contributed by atoms with Crippen molar-refractivity contribution >= 4 is 26.7 Å². The lowest BCUT2D eigenvalue weighted by atomic mass is 10.1. The van der Waals surface area contributed by atoms with Gasteiger partial charge in [0.25, 0.3) is 0 Å². The fourth-order valence-corrected chi connectivity index (χ4v) is 5.51. The molecule has 0 atom stereocenters. The van der Waals surface area contributed by atoms with Crippen molar-refractivity contribution in [2.24, 2.45) is 0 Å². The van der Waals surface area contributed by atoms with E-state index in [4.69, 9.17) is 0 Å². The molecule has 0 aliphatic carbocycles. The lowest BCUT2D eigenvalue weighted by molar-refractivity contribution is -0.136. The molecule has 1 amide bonds. The molecule has 2 aromatic carbocycles. The standard InChI is InChI=1S/C22H31N3O3S/c1-17(2)25(18(3)4)22(26)16-23-11-13-24(14-12-23)29(27,28)21-10-9-19-7-5-6-8-20(19)15-21/h5-10,15,17-18H,11-14,16H2,1-4H3. The molecule has 7 heteroatoms. The normalized spacial score (nSPS) is 16.6. The first kappa shape index (κ1) is 21.7. The molecule has 0 aromatic heterocycles. The number of hydrogen-bond donors (Lipinski definition) is 0. The molecule has 1 saturated heterocycles. The van der Waals surface area contributed by atoms with Gasteiger partial charge in [0.05, 0.1) is 11.4 Å². The molecule has 0 bridgehead atoms. The van der Waals surface area contributed by atoms with Crippen LogP contribution >= 0.6 is 0 Å². The van der Waals surface area contributed by atoms with Crippen LogP contribution in [0.25, 0.3) is 10.8 Å². The van der Waals surface area contributed by atoms with Crippen molar-refractivity contribution in [3.05, 3.63) is 42.5 Å². The minimum Gasteiger partial charge on any atom is -0.337 e. The van der Waals surface area contributed by atoms with Crippen LogP contribution in [-0.2, 0) is 14.8 Å². The second kappa shape index (κ2) is 8.81. The first-order valence-electron chi connectivity index (χ1n) is 10.2. The van der Waals surface area contributed by atoms with E-state index in [0.29, 0.717) is 37.6 Å². The molecular formula is C22H31N3O3S. The van der Waals surface area contributed by atoms with Gasteiger partial charge >= 0.3 is 0 Å². The Morgan fingerprint density at radius 3 is 2.10 bits per heavy atom. The van der Waals surface area contributed by atoms with E-state index in [0.717, 1.165) is 10.8 Å². The van der Waals surface area contributed by atoms with Crippen molar-refractivity contribution in [1.82, 2.24) is 14.1 Å². The smallest absolute Gasteiger partial charge is 0.243 e. The summed E-state index contributed by atoms with van der Waals surface area (Å²) in [5, 5.41) is 1.94. The van der Waals surface area contributed by atoms with Gasteiger partial charge in [-0.25, -0.2) is 8.42 Å². The SMILES string of the molecule is CC(C)N(C(=O)CN1CCN(S(=O)(=O)c2ccc3ccccc3c2)CC1)C(C)C. The van der Waals surface area contributed by atoms with Crippen LogP contribution in [0.1, 0.15) is 27.7 Å². The Balaban J connectivity index is 1.65. The van der Waals surface area contributed by atoms with Crippen molar-refractivity contribution < 1.29 is 13.2 Å². The summed E-state index contributed by atoms with van der Waals surface area (Å²) in [4.78, 5) is 16.9. The van der Waals surface area contributed by atoms with Crippen LogP contribution in [0.15, 0.2) is 47.4 Å². The Morgan fingerprint density at radius 2 is 1.52 bits per heavy atom. The van der Waals surface area contributed by atoms with Gasteiger partial charge in [0.1, 0.15) is 0 Å². The number of amides is 1. The average molecular weight is 418 g/mol. The van der Waals surface area contributed by atoms with Gasteiger partial charge in [-0.2, -0.15) is 4.31 Å². The monoisotopic (exact) mass is 417 g/mol. The van der Waals surface area contributed by atoms with Crippen molar-refractivity contribution in [2.45, 2.75) is 44.7 Å². The van der Waals surface area contributed by atoms with Crippen LogP contribution in [0.5, 0.6) is 0 Å². The predicted molar refractivity (Wildman–Crippen MR) is 116 cm³/mol. The van der Waals surface area contributed by atoms with Crippen molar-refractivity contribution in [3.63, 3.8) is 0 Å². The van der Waals surface area contributed by atoms with Gasteiger partial charge in [0.2, 0.25) is 15.9 Å². The fraction of sp³-hybridized carbons (Fsp3) is 0.500. The summed E-state index contributed by atoms with van der Waals surface area (Å²) in [7, 11) is -3.54. The lowest BCUT2D eigenvalue weighted by Crippen LogP contribution is -2.53. The highest BCUT2D eigenvalue weighted by molar-refractivity contribution is 7.89. The van der Waals surface area contributed by atoms with Gasteiger partial charge in [-0.1, -0.05) is 30.3 Å². The topological polar surface area (TPSA) is 60.9 Å². The molecule has 3 rings (SSSR count). The van der Waals surface area contributed by atoms with E-state index >= 15 is 0 Å². The third-order valence-electron chi connectivity index (χ3n) is 5.45. The first-order chi connectivity index (χ1) is 13.7. The maximum Gasteiger partial charge on any atom is 0.243 e. The largest absolute Gasteiger partial charge is 0.337 e. The molecule has 0 spiro atoms. The zero-order valence-corrected chi connectivity index (χ0v) is 18.5. The molecule has 1 aliphatic heterocycles. The third kappa shape index (κ3) is 4.79. The molecule has 2 aromatic rings. The van der Waals surface area contributed by atoms with E-state index in [1.807, 2.05) is 67.8 Å². The summed E-state index contributed by atoms with van der Waals surface area (Å²) in [5.41, 5.74) is 0. The minimum absolute atomic E-state index is 0.0980. The Labute approximate surface area is 174 Å². The number of sulfonamides is 1. The van der Waals surface area contributed by atoms with Gasteiger partial charge in [-0.15, -0.1) is 0 Å². The van der Waals surface area contributed by atoms with Gasteiger partial charge in [0.15, 0.2) is 0 Å². The van der Waals surface area contributed by atoms with Crippen LogP contribution in [-0.4, -0.2) is 73.2 Å². The molecule has 1 heterocycles. The first-order valence-corrected chi connectivity index (χ1v) is 11.7. The number of hydrogen-bond acceptors (Lipinski definition) is 4. The minimum atomic E-state index is -3.54. The fourth-order valence-electron chi connectivity index (χ4n) is 4.05. The zero-order chi connectivity index (χ0) is 21.2. The summed E-state index contributed by atoms with van der Waals surface area (Å²) in [6.45, 7) is 10.3. The number of fused-ring (bicyclic) bond motifs is 1. The number of nitrogens with zero attached hydrogens (tertiary/aromatic N) is 3. The molecule has 0 N–H and O–H groups in total. The van der Waals surface area contributed by atoms with Crippen molar-refractivity contribution in [3.8, 4) is 0 Å². The predicted octanol–water partition coefficient (Wildman–Crippen LogP) is 2.79. The molecule has 0 saturated carbocycles. The Kier molecular flexibility index (Phi) is 6.61. The number of carbonyl (C=O) groups excluding carboxylic acids is 1. The van der Waals surface area contributed by atoms with Crippen LogP contribution < -0.4 is 0 Å². The quantitative estimate of drug-likeness (QED) is 0.725. The second-order valence-electron chi connectivity index (χ2n) is 8.18. The molecule has 6 nitrogen and oxygen atoms in total. The van der Waals surface area contributed by atoms with E-state index in [9.17, 15) is 13.2 Å². The van der Waals surface area contributed by atoms with Gasteiger partial charge in [0, 0.05) is 38.3 Å². The highest BCUT2D eigenvalue weighted by Gasteiger charge is 2.30. The van der Waals surface area contributed by atoms with E-state index < -0.39 is 10.0 Å². The number of carbonyl (C=O) groups is 1. The Hall–Kier alpha value is -1.96. The summed E-state index contributed by atoms with van der Waals surface area (Å²) >= 11 is 0. The van der Waals surface area contributed by atoms with Gasteiger partial charge < -0.3 is 4.90 Å². The molecule has 29 heavy (non-hydrogen) atoms.